The van der Waals surface area contributed by atoms with E-state index in [9.17, 15) is 0 Å². The zero-order valence-electron chi connectivity index (χ0n) is 13.2. The maximum atomic E-state index is 5.38. The molecule has 6 heteroatoms. The molecule has 0 aromatic heterocycles. The van der Waals surface area contributed by atoms with Crippen LogP contribution in [-0.2, 0) is 6.42 Å². The minimum atomic E-state index is -0.0780. The molecule has 4 N–H and O–H groups in total. The molecule has 0 fully saturated rings. The highest BCUT2D eigenvalue weighted by Gasteiger charge is 2.07. The summed E-state index contributed by atoms with van der Waals surface area (Å²) < 4.78 is 10.3. The molecule has 0 spiro atoms. The van der Waals surface area contributed by atoms with Crippen LogP contribution >= 0.6 is 0 Å². The fourth-order valence-corrected chi connectivity index (χ4v) is 2.03. The van der Waals surface area contributed by atoms with Gasteiger partial charge in [-0.3, -0.25) is 0 Å². The van der Waals surface area contributed by atoms with E-state index in [4.69, 9.17) is 20.9 Å². The molecule has 0 bridgehead atoms. The van der Waals surface area contributed by atoms with Crippen LogP contribution < -0.4 is 20.9 Å². The zero-order chi connectivity index (χ0) is 16.7. The van der Waals surface area contributed by atoms with E-state index in [1.807, 2.05) is 48.5 Å². The van der Waals surface area contributed by atoms with Gasteiger partial charge in [0.25, 0.3) is 0 Å². The molecule has 0 saturated heterocycles. The van der Waals surface area contributed by atoms with Gasteiger partial charge in [-0.2, -0.15) is 5.10 Å². The predicted octanol–water partition coefficient (Wildman–Crippen LogP) is 1.92. The van der Waals surface area contributed by atoms with Crippen molar-refractivity contribution in [2.45, 2.75) is 6.42 Å². The molecule has 0 heterocycles. The molecule has 0 saturated carbocycles. The van der Waals surface area contributed by atoms with Crippen LogP contribution in [0.4, 0.5) is 0 Å². The van der Waals surface area contributed by atoms with Gasteiger partial charge in [0.05, 0.1) is 19.9 Å². The summed E-state index contributed by atoms with van der Waals surface area (Å²) in [6.45, 7) is 0. The highest BCUT2D eigenvalue weighted by molar-refractivity contribution is 6.02. The van der Waals surface area contributed by atoms with Crippen molar-refractivity contribution in [1.82, 2.24) is 0 Å². The molecular formula is C17H20N4O2. The van der Waals surface area contributed by atoms with Crippen molar-refractivity contribution in [2.75, 3.05) is 14.2 Å². The Bertz CT molecular complexity index is 688. The number of hydrogen-bond donors (Lipinski definition) is 2. The molecule has 0 aliphatic rings. The van der Waals surface area contributed by atoms with Gasteiger partial charge in [-0.15, -0.1) is 5.10 Å². The molecule has 0 amide bonds. The van der Waals surface area contributed by atoms with Crippen molar-refractivity contribution in [3.63, 3.8) is 0 Å². The van der Waals surface area contributed by atoms with Gasteiger partial charge in [-0.25, -0.2) is 0 Å². The van der Waals surface area contributed by atoms with Gasteiger partial charge in [0.15, 0.2) is 0 Å². The Morgan fingerprint density at radius 3 is 1.83 bits per heavy atom. The van der Waals surface area contributed by atoms with E-state index >= 15 is 0 Å². The maximum absolute atomic E-state index is 5.38. The van der Waals surface area contributed by atoms with Crippen LogP contribution in [0.2, 0.25) is 0 Å². The standard InChI is InChI=1S/C17H20N4O2/c1-22-14-7-3-12(4-8-14)11-16(20-21-17(18)19)13-5-9-15(23-2)10-6-13/h3-10H,11H2,1-2H3,(H4,18,19,21)/b20-16-. The van der Waals surface area contributed by atoms with Crippen molar-refractivity contribution in [2.24, 2.45) is 21.7 Å². The molecule has 2 aromatic carbocycles. The van der Waals surface area contributed by atoms with E-state index in [0.29, 0.717) is 6.42 Å². The number of methoxy groups -OCH3 is 2. The molecule has 2 rings (SSSR count). The fourth-order valence-electron chi connectivity index (χ4n) is 2.03. The van der Waals surface area contributed by atoms with E-state index < -0.39 is 0 Å². The molecule has 0 unspecified atom stereocenters. The Morgan fingerprint density at radius 2 is 1.35 bits per heavy atom. The number of hydrogen-bond acceptors (Lipinski definition) is 4. The Hall–Kier alpha value is -3.02. The second-order valence-electron chi connectivity index (χ2n) is 4.82. The van der Waals surface area contributed by atoms with Crippen LogP contribution in [0, 0.1) is 0 Å². The Kier molecular flexibility index (Phi) is 5.57. The summed E-state index contributed by atoms with van der Waals surface area (Å²) in [6.07, 6.45) is 0.590. The highest BCUT2D eigenvalue weighted by Crippen LogP contribution is 2.16. The summed E-state index contributed by atoms with van der Waals surface area (Å²) in [5, 5.41) is 7.95. The van der Waals surface area contributed by atoms with Gasteiger partial charge < -0.3 is 20.9 Å². The quantitative estimate of drug-likeness (QED) is 0.484. The van der Waals surface area contributed by atoms with E-state index in [0.717, 1.165) is 28.3 Å². The summed E-state index contributed by atoms with van der Waals surface area (Å²) in [6, 6.07) is 15.3. The highest BCUT2D eigenvalue weighted by atomic mass is 16.5. The van der Waals surface area contributed by atoms with E-state index in [-0.39, 0.29) is 5.96 Å². The predicted molar refractivity (Wildman–Crippen MR) is 92.0 cm³/mol. The van der Waals surface area contributed by atoms with Crippen LogP contribution in [0.1, 0.15) is 11.1 Å². The van der Waals surface area contributed by atoms with Crippen LogP contribution in [0.3, 0.4) is 0 Å². The van der Waals surface area contributed by atoms with Crippen LogP contribution in [0.15, 0.2) is 58.7 Å². The monoisotopic (exact) mass is 312 g/mol. The Balaban J connectivity index is 2.29. The van der Waals surface area contributed by atoms with Crippen molar-refractivity contribution in [3.05, 3.63) is 59.7 Å². The average Bonchev–Trinajstić information content (AvgIpc) is 2.59. The van der Waals surface area contributed by atoms with Crippen LogP contribution in [0.25, 0.3) is 0 Å². The molecule has 6 nitrogen and oxygen atoms in total. The molecule has 0 radical (unpaired) electrons. The van der Waals surface area contributed by atoms with Gasteiger partial charge in [-0.05, 0) is 47.5 Å². The van der Waals surface area contributed by atoms with E-state index in [1.54, 1.807) is 14.2 Å². The van der Waals surface area contributed by atoms with Crippen LogP contribution in [0.5, 0.6) is 11.5 Å². The average molecular weight is 312 g/mol. The number of ether oxygens (including phenoxy) is 2. The first kappa shape index (κ1) is 16.4. The first-order valence-electron chi connectivity index (χ1n) is 7.05. The minimum Gasteiger partial charge on any atom is -0.497 e. The molecular weight excluding hydrogens is 292 g/mol. The summed E-state index contributed by atoms with van der Waals surface area (Å²) in [7, 11) is 3.26. The van der Waals surface area contributed by atoms with Gasteiger partial charge in [0.2, 0.25) is 5.96 Å². The first-order chi connectivity index (χ1) is 11.1. The molecule has 23 heavy (non-hydrogen) atoms. The Morgan fingerprint density at radius 1 is 0.826 bits per heavy atom. The molecule has 2 aromatic rings. The lowest BCUT2D eigenvalue weighted by atomic mass is 10.0. The maximum Gasteiger partial charge on any atom is 0.211 e. The first-order valence-corrected chi connectivity index (χ1v) is 7.05. The smallest absolute Gasteiger partial charge is 0.211 e. The summed E-state index contributed by atoms with van der Waals surface area (Å²) >= 11 is 0. The second-order valence-corrected chi connectivity index (χ2v) is 4.82. The molecule has 120 valence electrons. The number of nitrogens with zero attached hydrogens (tertiary/aromatic N) is 2. The van der Waals surface area contributed by atoms with Crippen LogP contribution in [-0.4, -0.2) is 25.9 Å². The lowest BCUT2D eigenvalue weighted by Crippen LogP contribution is -2.22. The van der Waals surface area contributed by atoms with Crippen molar-refractivity contribution >= 4 is 11.7 Å². The lowest BCUT2D eigenvalue weighted by molar-refractivity contribution is 0.414. The fraction of sp³-hybridized carbons (Fsp3) is 0.176. The topological polar surface area (TPSA) is 95.2 Å². The SMILES string of the molecule is COc1ccc(C/C(=N/N=C(N)N)c2ccc(OC)cc2)cc1. The van der Waals surface area contributed by atoms with Crippen molar-refractivity contribution < 1.29 is 9.47 Å². The van der Waals surface area contributed by atoms with Gasteiger partial charge in [0.1, 0.15) is 11.5 Å². The lowest BCUT2D eigenvalue weighted by Gasteiger charge is -2.08. The third-order valence-corrected chi connectivity index (χ3v) is 3.24. The molecule has 0 aliphatic heterocycles. The van der Waals surface area contributed by atoms with Crippen molar-refractivity contribution in [1.29, 1.82) is 0 Å². The number of benzene rings is 2. The largest absolute Gasteiger partial charge is 0.497 e. The van der Waals surface area contributed by atoms with Gasteiger partial charge in [0, 0.05) is 6.42 Å². The number of guanidine groups is 1. The third-order valence-electron chi connectivity index (χ3n) is 3.24. The normalized spacial score (nSPS) is 11.0. The van der Waals surface area contributed by atoms with E-state index in [2.05, 4.69) is 10.2 Å². The third kappa shape index (κ3) is 4.74. The summed E-state index contributed by atoms with van der Waals surface area (Å²) in [5.74, 6) is 1.51. The molecule has 0 atom stereocenters. The Labute approximate surface area is 135 Å². The van der Waals surface area contributed by atoms with Gasteiger partial charge in [-0.1, -0.05) is 12.1 Å². The zero-order valence-corrected chi connectivity index (χ0v) is 13.2. The molecule has 0 aliphatic carbocycles. The van der Waals surface area contributed by atoms with E-state index in [1.165, 1.54) is 0 Å². The van der Waals surface area contributed by atoms with Crippen molar-refractivity contribution in [3.8, 4) is 11.5 Å². The minimum absolute atomic E-state index is 0.0780. The summed E-state index contributed by atoms with van der Waals surface area (Å²) in [5.41, 5.74) is 13.5. The summed E-state index contributed by atoms with van der Waals surface area (Å²) in [4.78, 5) is 0. The number of rotatable bonds is 6. The second kappa shape index (κ2) is 7.84. The number of nitrogens with two attached hydrogens (primary N) is 2. The van der Waals surface area contributed by atoms with Gasteiger partial charge >= 0.3 is 0 Å².